The number of benzene rings is 3. The molecule has 2 amide bonds. The molecule has 0 saturated heterocycles. The van der Waals surface area contributed by atoms with Crippen LogP contribution in [0.25, 0.3) is 0 Å². The molecule has 0 aliphatic carbocycles. The van der Waals surface area contributed by atoms with Gasteiger partial charge in [0.25, 0.3) is 11.8 Å². The average molecular weight is 431 g/mol. The second kappa shape index (κ2) is 10.1. The van der Waals surface area contributed by atoms with E-state index in [2.05, 4.69) is 15.8 Å². The van der Waals surface area contributed by atoms with Gasteiger partial charge in [0.1, 0.15) is 12.4 Å². The van der Waals surface area contributed by atoms with Gasteiger partial charge in [-0.25, -0.2) is 5.43 Å². The van der Waals surface area contributed by atoms with Gasteiger partial charge in [0, 0.05) is 11.1 Å². The number of hydrazone groups is 1. The Morgan fingerprint density at radius 3 is 2.62 bits per heavy atom. The van der Waals surface area contributed by atoms with Crippen LogP contribution in [-0.2, 0) is 11.4 Å². The highest BCUT2D eigenvalue weighted by molar-refractivity contribution is 5.97. The molecule has 2 N–H and O–H groups in total. The van der Waals surface area contributed by atoms with Crippen molar-refractivity contribution in [1.82, 2.24) is 10.7 Å². The lowest BCUT2D eigenvalue weighted by Gasteiger charge is -2.09. The molecule has 8 heteroatoms. The molecule has 0 aromatic heterocycles. The number of hydrogen-bond donors (Lipinski definition) is 2. The van der Waals surface area contributed by atoms with Crippen LogP contribution in [0.1, 0.15) is 21.5 Å². The zero-order chi connectivity index (χ0) is 22.2. The van der Waals surface area contributed by atoms with Crippen molar-refractivity contribution < 1.29 is 23.8 Å². The zero-order valence-corrected chi connectivity index (χ0v) is 17.1. The van der Waals surface area contributed by atoms with Crippen LogP contribution < -0.4 is 25.0 Å². The molecule has 162 valence electrons. The Kier molecular flexibility index (Phi) is 6.62. The van der Waals surface area contributed by atoms with E-state index in [1.807, 2.05) is 54.6 Å². The fraction of sp³-hybridized carbons (Fsp3) is 0.125. The van der Waals surface area contributed by atoms with Crippen LogP contribution in [-0.4, -0.2) is 31.4 Å². The molecule has 0 bridgehead atoms. The lowest BCUT2D eigenvalue weighted by Crippen LogP contribution is -2.34. The van der Waals surface area contributed by atoms with Gasteiger partial charge in [-0.15, -0.1) is 0 Å². The number of para-hydroxylation sites is 1. The van der Waals surface area contributed by atoms with E-state index in [9.17, 15) is 9.59 Å². The van der Waals surface area contributed by atoms with Crippen molar-refractivity contribution in [3.8, 4) is 17.2 Å². The van der Waals surface area contributed by atoms with Gasteiger partial charge in [-0.3, -0.25) is 9.59 Å². The standard InChI is InChI=1S/C24H21N3O5/c28-23(14-25-24(29)18-10-11-21-22(12-18)32-16-31-21)27-26-13-19-8-4-5-9-20(19)30-15-17-6-2-1-3-7-17/h1-13H,14-16H2,(H,25,29)(H,27,28)/b26-13-. The molecule has 32 heavy (non-hydrogen) atoms. The van der Waals surface area contributed by atoms with Crippen molar-refractivity contribution in [3.05, 3.63) is 89.5 Å². The largest absolute Gasteiger partial charge is 0.488 e. The van der Waals surface area contributed by atoms with Crippen LogP contribution in [0.3, 0.4) is 0 Å². The normalized spacial score (nSPS) is 11.9. The topological polar surface area (TPSA) is 98.3 Å². The lowest BCUT2D eigenvalue weighted by atomic mass is 10.2. The maximum atomic E-state index is 12.2. The number of amides is 2. The quantitative estimate of drug-likeness (QED) is 0.422. The van der Waals surface area contributed by atoms with E-state index in [1.54, 1.807) is 18.2 Å². The third-order valence-corrected chi connectivity index (χ3v) is 4.59. The van der Waals surface area contributed by atoms with Crippen molar-refractivity contribution in [2.75, 3.05) is 13.3 Å². The van der Waals surface area contributed by atoms with Crippen LogP contribution in [0.5, 0.6) is 17.2 Å². The van der Waals surface area contributed by atoms with Crippen molar-refractivity contribution in [2.45, 2.75) is 6.61 Å². The number of carbonyl (C=O) groups excluding carboxylic acids is 2. The fourth-order valence-corrected chi connectivity index (χ4v) is 2.97. The van der Waals surface area contributed by atoms with Crippen LogP contribution in [0.4, 0.5) is 0 Å². The maximum Gasteiger partial charge on any atom is 0.259 e. The highest BCUT2D eigenvalue weighted by Gasteiger charge is 2.16. The van der Waals surface area contributed by atoms with Gasteiger partial charge < -0.3 is 19.5 Å². The van der Waals surface area contributed by atoms with Crippen molar-refractivity contribution in [1.29, 1.82) is 0 Å². The molecule has 4 rings (SSSR count). The molecule has 0 saturated carbocycles. The summed E-state index contributed by atoms with van der Waals surface area (Å²) in [7, 11) is 0. The first-order valence-electron chi connectivity index (χ1n) is 9.94. The van der Waals surface area contributed by atoms with Gasteiger partial charge in [-0.1, -0.05) is 42.5 Å². The molecule has 1 aliphatic rings. The predicted molar refractivity (Wildman–Crippen MR) is 118 cm³/mol. The maximum absolute atomic E-state index is 12.2. The summed E-state index contributed by atoms with van der Waals surface area (Å²) in [6.45, 7) is 0.321. The van der Waals surface area contributed by atoms with Crippen LogP contribution in [0, 0.1) is 0 Å². The summed E-state index contributed by atoms with van der Waals surface area (Å²) >= 11 is 0. The second-order valence-electron chi connectivity index (χ2n) is 6.86. The first kappa shape index (κ1) is 20.9. The zero-order valence-electron chi connectivity index (χ0n) is 17.1. The number of rotatable bonds is 8. The van der Waals surface area contributed by atoms with Gasteiger partial charge in [-0.05, 0) is 35.9 Å². The summed E-state index contributed by atoms with van der Waals surface area (Å²) in [6.07, 6.45) is 1.50. The Labute approximate surface area is 184 Å². The summed E-state index contributed by atoms with van der Waals surface area (Å²) in [4.78, 5) is 24.3. The fourth-order valence-electron chi connectivity index (χ4n) is 2.97. The van der Waals surface area contributed by atoms with Gasteiger partial charge in [-0.2, -0.15) is 5.10 Å². The summed E-state index contributed by atoms with van der Waals surface area (Å²) in [5.74, 6) is 0.868. The van der Waals surface area contributed by atoms with Crippen molar-refractivity contribution >= 4 is 18.0 Å². The molecule has 0 atom stereocenters. The third kappa shape index (κ3) is 5.42. The molecule has 0 fully saturated rings. The minimum absolute atomic E-state index is 0.126. The highest BCUT2D eigenvalue weighted by atomic mass is 16.7. The first-order valence-corrected chi connectivity index (χ1v) is 9.94. The number of nitrogens with one attached hydrogen (secondary N) is 2. The smallest absolute Gasteiger partial charge is 0.259 e. The number of hydrogen-bond acceptors (Lipinski definition) is 6. The molecule has 3 aromatic rings. The molecule has 1 aliphatic heterocycles. The van der Waals surface area contributed by atoms with E-state index < -0.39 is 11.8 Å². The molecule has 0 spiro atoms. The van der Waals surface area contributed by atoms with Gasteiger partial charge in [0.2, 0.25) is 6.79 Å². The van der Waals surface area contributed by atoms with E-state index >= 15 is 0 Å². The lowest BCUT2D eigenvalue weighted by molar-refractivity contribution is -0.120. The Balaban J connectivity index is 1.27. The van der Waals surface area contributed by atoms with Crippen LogP contribution >= 0.6 is 0 Å². The highest BCUT2D eigenvalue weighted by Crippen LogP contribution is 2.32. The first-order chi connectivity index (χ1) is 15.7. The van der Waals surface area contributed by atoms with E-state index in [0.29, 0.717) is 35.0 Å². The second-order valence-corrected chi connectivity index (χ2v) is 6.86. The Morgan fingerprint density at radius 1 is 0.969 bits per heavy atom. The van der Waals surface area contributed by atoms with E-state index in [1.165, 1.54) is 6.21 Å². The number of ether oxygens (including phenoxy) is 3. The van der Waals surface area contributed by atoms with Gasteiger partial charge in [0.15, 0.2) is 11.5 Å². The summed E-state index contributed by atoms with van der Waals surface area (Å²) in [5, 5.41) is 6.51. The molecular weight excluding hydrogens is 410 g/mol. The van der Waals surface area contributed by atoms with Crippen LogP contribution in [0.2, 0.25) is 0 Å². The summed E-state index contributed by atoms with van der Waals surface area (Å²) < 4.78 is 16.3. The summed E-state index contributed by atoms with van der Waals surface area (Å²) in [6, 6.07) is 22.0. The Morgan fingerprint density at radius 2 is 1.75 bits per heavy atom. The van der Waals surface area contributed by atoms with E-state index in [4.69, 9.17) is 14.2 Å². The minimum atomic E-state index is -0.460. The molecule has 0 unspecified atom stereocenters. The number of nitrogens with zero attached hydrogens (tertiary/aromatic N) is 1. The molecular formula is C24H21N3O5. The van der Waals surface area contributed by atoms with Crippen molar-refractivity contribution in [2.24, 2.45) is 5.10 Å². The number of fused-ring (bicyclic) bond motifs is 1. The van der Waals surface area contributed by atoms with E-state index in [0.717, 1.165) is 5.56 Å². The molecule has 1 heterocycles. The summed E-state index contributed by atoms with van der Waals surface area (Å²) in [5.41, 5.74) is 4.53. The molecule has 0 radical (unpaired) electrons. The Bertz CT molecular complexity index is 1130. The van der Waals surface area contributed by atoms with Crippen LogP contribution in [0.15, 0.2) is 77.9 Å². The van der Waals surface area contributed by atoms with Crippen molar-refractivity contribution in [3.63, 3.8) is 0 Å². The van der Waals surface area contributed by atoms with Gasteiger partial charge in [0.05, 0.1) is 12.8 Å². The Hall–Kier alpha value is -4.33. The number of carbonyl (C=O) groups is 2. The minimum Gasteiger partial charge on any atom is -0.488 e. The monoisotopic (exact) mass is 431 g/mol. The molecule has 8 nitrogen and oxygen atoms in total. The SMILES string of the molecule is O=C(CNC(=O)c1ccc2c(c1)OCO2)N/N=C\c1ccccc1OCc1ccccc1. The predicted octanol–water partition coefficient (Wildman–Crippen LogP) is 2.87. The average Bonchev–Trinajstić information content (AvgIpc) is 3.30. The molecule has 3 aromatic carbocycles. The van der Waals surface area contributed by atoms with Gasteiger partial charge >= 0.3 is 0 Å². The third-order valence-electron chi connectivity index (χ3n) is 4.59. The van der Waals surface area contributed by atoms with E-state index in [-0.39, 0.29) is 13.3 Å².